The van der Waals surface area contributed by atoms with Crippen LogP contribution in [0.4, 0.5) is 19.1 Å². The number of rotatable bonds is 2. The van der Waals surface area contributed by atoms with Gasteiger partial charge in [0.15, 0.2) is 0 Å². The largest absolute Gasteiger partial charge is 0.401 e. The molecule has 0 unspecified atom stereocenters. The molecule has 20 heavy (non-hydrogen) atoms. The predicted molar refractivity (Wildman–Crippen MR) is 66.2 cm³/mol. The number of nitrogens with zero attached hydrogens (tertiary/aromatic N) is 5. The highest BCUT2D eigenvalue weighted by atomic mass is 19.4. The Morgan fingerprint density at radius 3 is 2.45 bits per heavy atom. The van der Waals surface area contributed by atoms with Crippen molar-refractivity contribution in [2.75, 3.05) is 37.6 Å². The van der Waals surface area contributed by atoms with Gasteiger partial charge in [0.25, 0.3) is 0 Å². The summed E-state index contributed by atoms with van der Waals surface area (Å²) in [4.78, 5) is 11.5. The third-order valence-corrected chi connectivity index (χ3v) is 3.01. The maximum absolute atomic E-state index is 12.3. The molecule has 0 N–H and O–H groups in total. The van der Waals surface area contributed by atoms with Crippen LogP contribution in [0.25, 0.3) is 0 Å². The highest BCUT2D eigenvalue weighted by molar-refractivity contribution is 5.36. The number of aromatic nitrogens is 2. The van der Waals surface area contributed by atoms with E-state index in [9.17, 15) is 13.2 Å². The minimum absolute atomic E-state index is 0.269. The summed E-state index contributed by atoms with van der Waals surface area (Å²) in [5.74, 6) is 0.410. The lowest BCUT2D eigenvalue weighted by atomic mass is 10.3. The zero-order valence-electron chi connectivity index (χ0n) is 11.0. The summed E-state index contributed by atoms with van der Waals surface area (Å²) >= 11 is 0. The number of aryl methyl sites for hydroxylation is 1. The number of alkyl halides is 3. The fourth-order valence-electron chi connectivity index (χ4n) is 2.11. The molecule has 0 aliphatic carbocycles. The lowest BCUT2D eigenvalue weighted by Gasteiger charge is -2.35. The van der Waals surface area contributed by atoms with Gasteiger partial charge < -0.3 is 4.90 Å². The zero-order chi connectivity index (χ0) is 14.8. The topological polar surface area (TPSA) is 56.1 Å². The van der Waals surface area contributed by atoms with Crippen molar-refractivity contribution in [3.8, 4) is 6.07 Å². The second kappa shape index (κ2) is 5.63. The normalized spacial score (nSPS) is 17.1. The van der Waals surface area contributed by atoms with Gasteiger partial charge in [-0.25, -0.2) is 9.97 Å². The molecule has 1 aromatic heterocycles. The highest BCUT2D eigenvalue weighted by Gasteiger charge is 2.32. The quantitative estimate of drug-likeness (QED) is 0.820. The molecule has 8 heteroatoms. The van der Waals surface area contributed by atoms with Crippen molar-refractivity contribution in [1.29, 1.82) is 5.26 Å². The number of hydrogen-bond acceptors (Lipinski definition) is 5. The Morgan fingerprint density at radius 1 is 1.25 bits per heavy atom. The Kier molecular flexibility index (Phi) is 4.09. The Bertz CT molecular complexity index is 515. The number of nitriles is 1. The number of piperazine rings is 1. The number of anilines is 1. The Morgan fingerprint density at radius 2 is 1.90 bits per heavy atom. The van der Waals surface area contributed by atoms with Crippen molar-refractivity contribution in [3.63, 3.8) is 0 Å². The standard InChI is InChI=1S/C12H14F3N5/c1-9-6-10(7-16)18-11(17-9)20-4-2-19(3-5-20)8-12(13,14)15/h6H,2-5,8H2,1H3. The predicted octanol–water partition coefficient (Wildman–Crippen LogP) is 1.34. The smallest absolute Gasteiger partial charge is 0.338 e. The summed E-state index contributed by atoms with van der Waals surface area (Å²) < 4.78 is 36.9. The van der Waals surface area contributed by atoms with Crippen LogP contribution in [0.1, 0.15) is 11.4 Å². The van der Waals surface area contributed by atoms with Crippen LogP contribution >= 0.6 is 0 Å². The Labute approximate surface area is 114 Å². The van der Waals surface area contributed by atoms with Crippen molar-refractivity contribution in [2.24, 2.45) is 0 Å². The molecule has 0 aromatic carbocycles. The van der Waals surface area contributed by atoms with Gasteiger partial charge in [0.05, 0.1) is 6.54 Å². The first-order chi connectivity index (χ1) is 9.37. The maximum Gasteiger partial charge on any atom is 0.401 e. The van der Waals surface area contributed by atoms with E-state index in [2.05, 4.69) is 9.97 Å². The summed E-state index contributed by atoms with van der Waals surface area (Å²) in [6.07, 6.45) is -4.17. The van der Waals surface area contributed by atoms with Crippen LogP contribution in [0.3, 0.4) is 0 Å². The lowest BCUT2D eigenvalue weighted by Crippen LogP contribution is -2.49. The molecule has 0 spiro atoms. The van der Waals surface area contributed by atoms with E-state index in [0.29, 0.717) is 37.8 Å². The van der Waals surface area contributed by atoms with Crippen LogP contribution in [0.15, 0.2) is 6.07 Å². The van der Waals surface area contributed by atoms with Crippen molar-refractivity contribution in [3.05, 3.63) is 17.5 Å². The summed E-state index contributed by atoms with van der Waals surface area (Å²) in [7, 11) is 0. The molecule has 1 saturated heterocycles. The van der Waals surface area contributed by atoms with Crippen LogP contribution in [-0.2, 0) is 0 Å². The van der Waals surface area contributed by atoms with E-state index in [1.807, 2.05) is 6.07 Å². The molecule has 0 saturated carbocycles. The van der Waals surface area contributed by atoms with E-state index in [-0.39, 0.29) is 5.69 Å². The van der Waals surface area contributed by atoms with Gasteiger partial charge >= 0.3 is 6.18 Å². The van der Waals surface area contributed by atoms with Crippen molar-refractivity contribution >= 4 is 5.95 Å². The zero-order valence-corrected chi connectivity index (χ0v) is 11.0. The molecule has 5 nitrogen and oxygen atoms in total. The SMILES string of the molecule is Cc1cc(C#N)nc(N2CCN(CC(F)(F)F)CC2)n1. The van der Waals surface area contributed by atoms with Crippen molar-refractivity contribution in [2.45, 2.75) is 13.1 Å². The molecule has 0 amide bonds. The molecule has 2 heterocycles. The van der Waals surface area contributed by atoms with Gasteiger partial charge in [-0.1, -0.05) is 0 Å². The van der Waals surface area contributed by atoms with Gasteiger partial charge in [-0.3, -0.25) is 4.90 Å². The molecule has 0 radical (unpaired) electrons. The van der Waals surface area contributed by atoms with E-state index < -0.39 is 12.7 Å². The molecule has 1 aromatic rings. The van der Waals surface area contributed by atoms with Gasteiger partial charge in [0, 0.05) is 31.9 Å². The first-order valence-corrected chi connectivity index (χ1v) is 6.17. The van der Waals surface area contributed by atoms with Gasteiger partial charge in [-0.15, -0.1) is 0 Å². The fraction of sp³-hybridized carbons (Fsp3) is 0.583. The van der Waals surface area contributed by atoms with Gasteiger partial charge in [-0.2, -0.15) is 18.4 Å². The van der Waals surface area contributed by atoms with Crippen LogP contribution in [0.5, 0.6) is 0 Å². The van der Waals surface area contributed by atoms with Crippen LogP contribution in [0.2, 0.25) is 0 Å². The highest BCUT2D eigenvalue weighted by Crippen LogP contribution is 2.19. The van der Waals surface area contributed by atoms with Crippen LogP contribution in [-0.4, -0.2) is 53.8 Å². The summed E-state index contributed by atoms with van der Waals surface area (Å²) in [6.45, 7) is 2.32. The van der Waals surface area contributed by atoms with E-state index in [1.54, 1.807) is 17.9 Å². The van der Waals surface area contributed by atoms with Gasteiger partial charge in [-0.05, 0) is 13.0 Å². The van der Waals surface area contributed by atoms with E-state index >= 15 is 0 Å². The molecular weight excluding hydrogens is 271 g/mol. The van der Waals surface area contributed by atoms with Crippen molar-refractivity contribution < 1.29 is 13.2 Å². The third kappa shape index (κ3) is 3.81. The maximum atomic E-state index is 12.3. The fourth-order valence-corrected chi connectivity index (χ4v) is 2.11. The molecule has 2 rings (SSSR count). The third-order valence-electron chi connectivity index (χ3n) is 3.01. The molecule has 1 aliphatic heterocycles. The summed E-state index contributed by atoms with van der Waals surface area (Å²) in [5.41, 5.74) is 0.939. The summed E-state index contributed by atoms with van der Waals surface area (Å²) in [6, 6.07) is 3.52. The molecule has 1 aliphatic rings. The summed E-state index contributed by atoms with van der Waals surface area (Å²) in [5, 5.41) is 8.86. The lowest BCUT2D eigenvalue weighted by molar-refractivity contribution is -0.146. The van der Waals surface area contributed by atoms with Gasteiger partial charge in [0.1, 0.15) is 11.8 Å². The second-order valence-corrected chi connectivity index (χ2v) is 4.68. The van der Waals surface area contributed by atoms with Crippen molar-refractivity contribution in [1.82, 2.24) is 14.9 Å². The molecule has 1 fully saturated rings. The van der Waals surface area contributed by atoms with E-state index in [0.717, 1.165) is 0 Å². The van der Waals surface area contributed by atoms with Gasteiger partial charge in [0.2, 0.25) is 5.95 Å². The minimum atomic E-state index is -4.17. The van der Waals surface area contributed by atoms with Crippen LogP contribution in [0, 0.1) is 18.3 Å². The van der Waals surface area contributed by atoms with E-state index in [4.69, 9.17) is 5.26 Å². The minimum Gasteiger partial charge on any atom is -0.338 e. The Hall–Kier alpha value is -1.88. The second-order valence-electron chi connectivity index (χ2n) is 4.68. The molecule has 0 bridgehead atoms. The van der Waals surface area contributed by atoms with Crippen LogP contribution < -0.4 is 4.90 Å². The van der Waals surface area contributed by atoms with E-state index in [1.165, 1.54) is 4.90 Å². The molecule has 0 atom stereocenters. The monoisotopic (exact) mass is 285 g/mol. The number of hydrogen-bond donors (Lipinski definition) is 0. The number of halogens is 3. The first-order valence-electron chi connectivity index (χ1n) is 6.17. The molecular formula is C12H14F3N5. The Balaban J connectivity index is 2.01. The molecule has 108 valence electrons. The first kappa shape index (κ1) is 14.5. The average molecular weight is 285 g/mol. The average Bonchev–Trinajstić information content (AvgIpc) is 2.37.